The molecule has 0 aromatic heterocycles. The SMILES string of the molecule is COc1ccc(C(=O)C2CCN(c3ccc(C(C)=O)cc3[N+](=O)[O-])CC2)cc1. The number of hydrogen-bond acceptors (Lipinski definition) is 6. The largest absolute Gasteiger partial charge is 0.497 e. The summed E-state index contributed by atoms with van der Waals surface area (Å²) in [4.78, 5) is 37.2. The molecule has 0 unspecified atom stereocenters. The summed E-state index contributed by atoms with van der Waals surface area (Å²) in [6, 6.07) is 11.6. The van der Waals surface area contributed by atoms with Gasteiger partial charge in [0, 0.05) is 36.2 Å². The van der Waals surface area contributed by atoms with E-state index in [1.54, 1.807) is 43.5 Å². The van der Waals surface area contributed by atoms with Crippen molar-refractivity contribution in [3.8, 4) is 5.75 Å². The molecule has 1 saturated heterocycles. The number of nitro benzene ring substituents is 1. The van der Waals surface area contributed by atoms with E-state index in [9.17, 15) is 19.7 Å². The first-order valence-electron chi connectivity index (χ1n) is 9.13. The number of nitrogens with zero attached hydrogens (tertiary/aromatic N) is 2. The van der Waals surface area contributed by atoms with Crippen molar-refractivity contribution in [1.29, 1.82) is 0 Å². The van der Waals surface area contributed by atoms with Crippen LogP contribution in [-0.2, 0) is 0 Å². The van der Waals surface area contributed by atoms with Crippen molar-refractivity contribution >= 4 is 22.9 Å². The van der Waals surface area contributed by atoms with Crippen molar-refractivity contribution < 1.29 is 19.2 Å². The van der Waals surface area contributed by atoms with E-state index >= 15 is 0 Å². The summed E-state index contributed by atoms with van der Waals surface area (Å²) in [7, 11) is 1.58. The van der Waals surface area contributed by atoms with Crippen molar-refractivity contribution in [3.63, 3.8) is 0 Å². The van der Waals surface area contributed by atoms with Gasteiger partial charge in [-0.3, -0.25) is 19.7 Å². The summed E-state index contributed by atoms with van der Waals surface area (Å²) in [5, 5.41) is 11.5. The Labute approximate surface area is 163 Å². The van der Waals surface area contributed by atoms with Crippen LogP contribution in [0.5, 0.6) is 5.75 Å². The van der Waals surface area contributed by atoms with Crippen LogP contribution >= 0.6 is 0 Å². The number of methoxy groups -OCH3 is 1. The van der Waals surface area contributed by atoms with Crippen LogP contribution in [-0.4, -0.2) is 36.7 Å². The Morgan fingerprint density at radius 1 is 1.07 bits per heavy atom. The van der Waals surface area contributed by atoms with Gasteiger partial charge in [0.05, 0.1) is 12.0 Å². The highest BCUT2D eigenvalue weighted by atomic mass is 16.6. The average molecular weight is 382 g/mol. The third-order valence-corrected chi connectivity index (χ3v) is 5.16. The van der Waals surface area contributed by atoms with E-state index in [4.69, 9.17) is 4.74 Å². The second kappa shape index (κ2) is 8.21. The molecule has 2 aromatic rings. The smallest absolute Gasteiger partial charge is 0.293 e. The fourth-order valence-corrected chi connectivity index (χ4v) is 3.53. The van der Waals surface area contributed by atoms with Gasteiger partial charge in [-0.05, 0) is 56.2 Å². The van der Waals surface area contributed by atoms with Gasteiger partial charge in [-0.2, -0.15) is 0 Å². The second-order valence-electron chi connectivity index (χ2n) is 6.87. The molecule has 7 nitrogen and oxygen atoms in total. The number of piperidine rings is 1. The lowest BCUT2D eigenvalue weighted by Gasteiger charge is -2.32. The Bertz CT molecular complexity index is 900. The molecular weight excluding hydrogens is 360 g/mol. The Kier molecular flexibility index (Phi) is 5.73. The summed E-state index contributed by atoms with van der Waals surface area (Å²) in [6.45, 7) is 2.48. The molecule has 0 bridgehead atoms. The summed E-state index contributed by atoms with van der Waals surface area (Å²) in [5.74, 6) is 0.468. The Hall–Kier alpha value is -3.22. The molecule has 0 amide bonds. The third kappa shape index (κ3) is 4.03. The fraction of sp³-hybridized carbons (Fsp3) is 0.333. The van der Waals surface area contributed by atoms with Crippen molar-refractivity contribution in [2.75, 3.05) is 25.1 Å². The third-order valence-electron chi connectivity index (χ3n) is 5.16. The number of benzene rings is 2. The molecule has 0 spiro atoms. The van der Waals surface area contributed by atoms with E-state index in [-0.39, 0.29) is 23.2 Å². The predicted molar refractivity (Wildman–Crippen MR) is 105 cm³/mol. The Morgan fingerprint density at radius 2 is 1.68 bits per heavy atom. The number of rotatable bonds is 6. The lowest BCUT2D eigenvalue weighted by atomic mass is 9.88. The van der Waals surface area contributed by atoms with Gasteiger partial charge in [-0.1, -0.05) is 0 Å². The molecule has 1 aliphatic rings. The zero-order chi connectivity index (χ0) is 20.3. The van der Waals surface area contributed by atoms with E-state index in [1.807, 2.05) is 4.90 Å². The fourth-order valence-electron chi connectivity index (χ4n) is 3.53. The Balaban J connectivity index is 1.72. The molecule has 1 heterocycles. The average Bonchev–Trinajstić information content (AvgIpc) is 2.73. The molecule has 0 saturated carbocycles. The van der Waals surface area contributed by atoms with E-state index < -0.39 is 4.92 Å². The standard InChI is InChI=1S/C21H22N2O5/c1-14(24)17-5-8-19(20(13-17)23(26)27)22-11-9-16(10-12-22)21(25)15-3-6-18(28-2)7-4-15/h3-8,13,16H,9-12H2,1-2H3. The van der Waals surface area contributed by atoms with Crippen LogP contribution in [0.4, 0.5) is 11.4 Å². The molecule has 0 aliphatic carbocycles. The normalized spacial score (nSPS) is 14.6. The molecular formula is C21H22N2O5. The van der Waals surface area contributed by atoms with Crippen LogP contribution in [0.1, 0.15) is 40.5 Å². The van der Waals surface area contributed by atoms with Gasteiger partial charge in [0.25, 0.3) is 5.69 Å². The number of carbonyl (C=O) groups excluding carboxylic acids is 2. The van der Waals surface area contributed by atoms with Crippen LogP contribution in [0.3, 0.4) is 0 Å². The van der Waals surface area contributed by atoms with Gasteiger partial charge < -0.3 is 9.64 Å². The number of nitro groups is 1. The maximum atomic E-state index is 12.7. The highest BCUT2D eigenvalue weighted by molar-refractivity contribution is 5.98. The number of Topliss-reactive ketones (excluding diaryl/α,β-unsaturated/α-hetero) is 2. The van der Waals surface area contributed by atoms with E-state index in [0.29, 0.717) is 48.5 Å². The minimum Gasteiger partial charge on any atom is -0.497 e. The second-order valence-corrected chi connectivity index (χ2v) is 6.87. The van der Waals surface area contributed by atoms with E-state index in [1.165, 1.54) is 13.0 Å². The van der Waals surface area contributed by atoms with E-state index in [2.05, 4.69) is 0 Å². The van der Waals surface area contributed by atoms with Gasteiger partial charge in [0.15, 0.2) is 11.6 Å². The van der Waals surface area contributed by atoms with Gasteiger partial charge in [0.1, 0.15) is 11.4 Å². The predicted octanol–water partition coefficient (Wildman–Crippen LogP) is 3.91. The maximum absolute atomic E-state index is 12.7. The first kappa shape index (κ1) is 19.5. The lowest BCUT2D eigenvalue weighted by molar-refractivity contribution is -0.384. The summed E-state index contributed by atoms with van der Waals surface area (Å²) in [6.07, 6.45) is 1.24. The molecule has 146 valence electrons. The van der Waals surface area contributed by atoms with Gasteiger partial charge in [-0.15, -0.1) is 0 Å². The minimum atomic E-state index is -0.462. The minimum absolute atomic E-state index is 0.0763. The van der Waals surface area contributed by atoms with Crippen LogP contribution in [0.15, 0.2) is 42.5 Å². The number of anilines is 1. The topological polar surface area (TPSA) is 89.8 Å². The molecule has 3 rings (SSSR count). The molecule has 1 aliphatic heterocycles. The lowest BCUT2D eigenvalue weighted by Crippen LogP contribution is -2.36. The van der Waals surface area contributed by atoms with Crippen LogP contribution in [0, 0.1) is 16.0 Å². The number of ether oxygens (including phenoxy) is 1. The van der Waals surface area contributed by atoms with Gasteiger partial charge >= 0.3 is 0 Å². The molecule has 0 N–H and O–H groups in total. The van der Waals surface area contributed by atoms with Crippen LogP contribution < -0.4 is 9.64 Å². The molecule has 2 aromatic carbocycles. The zero-order valence-corrected chi connectivity index (χ0v) is 15.9. The van der Waals surface area contributed by atoms with Crippen molar-refractivity contribution in [2.45, 2.75) is 19.8 Å². The first-order chi connectivity index (χ1) is 13.4. The zero-order valence-electron chi connectivity index (χ0n) is 15.9. The maximum Gasteiger partial charge on any atom is 0.293 e. The van der Waals surface area contributed by atoms with Gasteiger partial charge in [0.2, 0.25) is 0 Å². The van der Waals surface area contributed by atoms with Crippen molar-refractivity contribution in [2.24, 2.45) is 5.92 Å². The molecule has 28 heavy (non-hydrogen) atoms. The summed E-state index contributed by atoms with van der Waals surface area (Å²) in [5.41, 5.74) is 1.38. The molecule has 0 atom stereocenters. The molecule has 0 radical (unpaired) electrons. The molecule has 1 fully saturated rings. The van der Waals surface area contributed by atoms with Gasteiger partial charge in [-0.25, -0.2) is 0 Å². The summed E-state index contributed by atoms with van der Waals surface area (Å²) >= 11 is 0. The van der Waals surface area contributed by atoms with Crippen molar-refractivity contribution in [1.82, 2.24) is 0 Å². The monoisotopic (exact) mass is 382 g/mol. The number of carbonyl (C=O) groups is 2. The number of hydrogen-bond donors (Lipinski definition) is 0. The number of ketones is 2. The quantitative estimate of drug-likeness (QED) is 0.427. The highest BCUT2D eigenvalue weighted by Gasteiger charge is 2.29. The van der Waals surface area contributed by atoms with Crippen molar-refractivity contribution in [3.05, 3.63) is 63.7 Å². The Morgan fingerprint density at radius 3 is 2.21 bits per heavy atom. The molecule has 7 heteroatoms. The highest BCUT2D eigenvalue weighted by Crippen LogP contribution is 2.33. The van der Waals surface area contributed by atoms with Crippen LogP contribution in [0.2, 0.25) is 0 Å². The van der Waals surface area contributed by atoms with Crippen LogP contribution in [0.25, 0.3) is 0 Å². The first-order valence-corrected chi connectivity index (χ1v) is 9.13. The summed E-state index contributed by atoms with van der Waals surface area (Å²) < 4.78 is 5.12. The van der Waals surface area contributed by atoms with E-state index in [0.717, 1.165) is 0 Å².